The Balaban J connectivity index is 1.94. The first-order valence-electron chi connectivity index (χ1n) is 7.03. The first kappa shape index (κ1) is 15.2. The second-order valence-corrected chi connectivity index (χ2v) is 6.20. The van der Waals surface area contributed by atoms with Crippen molar-refractivity contribution in [1.82, 2.24) is 9.97 Å². The maximum absolute atomic E-state index is 6.09. The number of para-hydroxylation sites is 1. The zero-order valence-corrected chi connectivity index (χ0v) is 14.1. The Morgan fingerprint density at radius 3 is 2.41 bits per heavy atom. The number of ether oxygens (including phenoxy) is 1. The molecule has 0 spiro atoms. The van der Waals surface area contributed by atoms with Crippen LogP contribution in [0.2, 0.25) is 10.0 Å². The number of aromatic amines is 1. The van der Waals surface area contributed by atoms with Gasteiger partial charge in [0.15, 0.2) is 6.10 Å². The van der Waals surface area contributed by atoms with E-state index < -0.39 is 0 Å². The molecule has 1 atom stereocenters. The van der Waals surface area contributed by atoms with E-state index in [1.54, 1.807) is 12.1 Å². The van der Waals surface area contributed by atoms with Gasteiger partial charge in [-0.25, -0.2) is 4.98 Å². The zero-order chi connectivity index (χ0) is 15.9. The van der Waals surface area contributed by atoms with Gasteiger partial charge in [-0.1, -0.05) is 41.4 Å². The highest BCUT2D eigenvalue weighted by atomic mass is 35.5. The van der Waals surface area contributed by atoms with Crippen LogP contribution in [-0.2, 0) is 0 Å². The van der Waals surface area contributed by atoms with Crippen LogP contribution in [0.15, 0.2) is 30.3 Å². The molecule has 0 aliphatic heterocycles. The molecule has 0 aliphatic carbocycles. The molecule has 3 aromatic rings. The lowest BCUT2D eigenvalue weighted by atomic mass is 10.1. The van der Waals surface area contributed by atoms with Crippen LogP contribution in [0.5, 0.6) is 5.75 Å². The summed E-state index contributed by atoms with van der Waals surface area (Å²) in [5.41, 5.74) is 3.84. The number of hydrogen-bond acceptors (Lipinski definition) is 2. The minimum absolute atomic E-state index is 0.204. The van der Waals surface area contributed by atoms with E-state index in [0.29, 0.717) is 10.0 Å². The minimum Gasteiger partial charge on any atom is -0.482 e. The summed E-state index contributed by atoms with van der Waals surface area (Å²) in [6.07, 6.45) is -0.204. The molecule has 1 N–H and O–H groups in total. The van der Waals surface area contributed by atoms with Crippen molar-refractivity contribution in [2.24, 2.45) is 0 Å². The Morgan fingerprint density at radius 1 is 1.09 bits per heavy atom. The molecule has 0 fully saturated rings. The lowest BCUT2D eigenvalue weighted by Gasteiger charge is -2.16. The van der Waals surface area contributed by atoms with E-state index in [4.69, 9.17) is 27.9 Å². The summed E-state index contributed by atoms with van der Waals surface area (Å²) < 4.78 is 6.09. The Bertz CT molecular complexity index is 783. The van der Waals surface area contributed by atoms with E-state index in [9.17, 15) is 0 Å². The second kappa shape index (κ2) is 5.82. The molecule has 22 heavy (non-hydrogen) atoms. The summed E-state index contributed by atoms with van der Waals surface area (Å²) >= 11 is 12.1. The van der Waals surface area contributed by atoms with Crippen molar-refractivity contribution in [3.05, 3.63) is 57.3 Å². The smallest absolute Gasteiger partial charge is 0.153 e. The van der Waals surface area contributed by atoms with E-state index >= 15 is 0 Å². The fourth-order valence-corrected chi connectivity index (χ4v) is 2.76. The molecule has 0 saturated heterocycles. The number of imidazole rings is 1. The van der Waals surface area contributed by atoms with Gasteiger partial charge in [-0.05, 0) is 44.0 Å². The minimum atomic E-state index is -0.204. The number of H-pyrrole nitrogens is 1. The molecular formula is C17H16Cl2N2O. The van der Waals surface area contributed by atoms with Crippen molar-refractivity contribution in [2.45, 2.75) is 26.9 Å². The molecule has 114 valence electrons. The molecule has 1 heterocycles. The molecule has 5 heteroatoms. The number of aryl methyl sites for hydroxylation is 2. The molecule has 0 saturated carbocycles. The molecule has 0 aliphatic rings. The molecule has 1 aromatic heterocycles. The van der Waals surface area contributed by atoms with Crippen LogP contribution in [0.25, 0.3) is 11.0 Å². The number of nitrogens with zero attached hydrogens (tertiary/aromatic N) is 1. The highest BCUT2D eigenvalue weighted by molar-refractivity contribution is 6.42. The quantitative estimate of drug-likeness (QED) is 0.674. The lowest BCUT2D eigenvalue weighted by Crippen LogP contribution is -2.07. The maximum atomic E-state index is 6.09. The van der Waals surface area contributed by atoms with E-state index in [-0.39, 0.29) is 6.10 Å². The van der Waals surface area contributed by atoms with Gasteiger partial charge < -0.3 is 9.72 Å². The average molecular weight is 335 g/mol. The van der Waals surface area contributed by atoms with Crippen LogP contribution in [0.4, 0.5) is 0 Å². The number of aromatic nitrogens is 2. The predicted octanol–water partition coefficient (Wildman–Crippen LogP) is 5.63. The van der Waals surface area contributed by atoms with Crippen LogP contribution in [0, 0.1) is 13.8 Å². The number of nitrogens with one attached hydrogen (secondary N) is 1. The molecule has 3 rings (SSSR count). The fourth-order valence-electron chi connectivity index (χ4n) is 2.43. The van der Waals surface area contributed by atoms with E-state index in [1.807, 2.05) is 39.0 Å². The van der Waals surface area contributed by atoms with Crippen LogP contribution in [-0.4, -0.2) is 9.97 Å². The van der Waals surface area contributed by atoms with Crippen molar-refractivity contribution >= 4 is 34.2 Å². The normalized spacial score (nSPS) is 12.6. The van der Waals surface area contributed by atoms with Gasteiger partial charge in [-0.3, -0.25) is 0 Å². The van der Waals surface area contributed by atoms with Crippen LogP contribution in [0.1, 0.15) is 30.0 Å². The number of fused-ring (bicyclic) bond motifs is 1. The third kappa shape index (κ3) is 2.79. The highest BCUT2D eigenvalue weighted by Gasteiger charge is 2.15. The van der Waals surface area contributed by atoms with Crippen molar-refractivity contribution in [2.75, 3.05) is 0 Å². The summed E-state index contributed by atoms with van der Waals surface area (Å²) in [4.78, 5) is 7.79. The molecule has 2 aromatic carbocycles. The third-order valence-electron chi connectivity index (χ3n) is 3.63. The van der Waals surface area contributed by atoms with Gasteiger partial charge in [-0.15, -0.1) is 0 Å². The van der Waals surface area contributed by atoms with Crippen LogP contribution in [0.3, 0.4) is 0 Å². The Labute approximate surface area is 139 Å². The van der Waals surface area contributed by atoms with E-state index in [0.717, 1.165) is 33.7 Å². The Hall–Kier alpha value is -1.71. The molecular weight excluding hydrogens is 319 g/mol. The van der Waals surface area contributed by atoms with Crippen LogP contribution < -0.4 is 4.74 Å². The van der Waals surface area contributed by atoms with Crippen molar-refractivity contribution < 1.29 is 4.74 Å². The van der Waals surface area contributed by atoms with Gasteiger partial charge in [0.25, 0.3) is 0 Å². The standard InChI is InChI=1S/C17H16Cl2N2O/c1-9-5-4-6-10(2)16(9)22-11(3)17-20-14-7-12(18)13(19)8-15(14)21-17/h4-8,11H,1-3H3,(H,20,21). The van der Waals surface area contributed by atoms with Gasteiger partial charge in [0, 0.05) is 0 Å². The summed E-state index contributed by atoms with van der Waals surface area (Å²) in [6, 6.07) is 9.63. The largest absolute Gasteiger partial charge is 0.482 e. The summed E-state index contributed by atoms with van der Waals surface area (Å²) in [5.74, 6) is 1.64. The molecule has 1 unspecified atom stereocenters. The summed E-state index contributed by atoms with van der Waals surface area (Å²) in [7, 11) is 0. The van der Waals surface area contributed by atoms with Gasteiger partial charge in [0.1, 0.15) is 11.6 Å². The van der Waals surface area contributed by atoms with Gasteiger partial charge in [-0.2, -0.15) is 0 Å². The first-order chi connectivity index (χ1) is 10.5. The average Bonchev–Trinajstić information content (AvgIpc) is 2.86. The van der Waals surface area contributed by atoms with Crippen molar-refractivity contribution in [3.8, 4) is 5.75 Å². The number of benzene rings is 2. The third-order valence-corrected chi connectivity index (χ3v) is 4.35. The SMILES string of the molecule is Cc1cccc(C)c1OC(C)c1nc2cc(Cl)c(Cl)cc2[nH]1. The maximum Gasteiger partial charge on any atom is 0.153 e. The first-order valence-corrected chi connectivity index (χ1v) is 7.79. The Kier molecular flexibility index (Phi) is 4.02. The van der Waals surface area contributed by atoms with Crippen molar-refractivity contribution in [3.63, 3.8) is 0 Å². The topological polar surface area (TPSA) is 37.9 Å². The second-order valence-electron chi connectivity index (χ2n) is 5.39. The van der Waals surface area contributed by atoms with Crippen LogP contribution >= 0.6 is 23.2 Å². The van der Waals surface area contributed by atoms with Gasteiger partial charge in [0.2, 0.25) is 0 Å². The zero-order valence-electron chi connectivity index (χ0n) is 12.6. The predicted molar refractivity (Wildman–Crippen MR) is 91.1 cm³/mol. The number of halogens is 2. The summed E-state index contributed by atoms with van der Waals surface area (Å²) in [6.45, 7) is 6.03. The Morgan fingerprint density at radius 2 is 1.73 bits per heavy atom. The van der Waals surface area contributed by atoms with Gasteiger partial charge in [0.05, 0.1) is 21.1 Å². The molecule has 0 amide bonds. The van der Waals surface area contributed by atoms with E-state index in [2.05, 4.69) is 9.97 Å². The van der Waals surface area contributed by atoms with E-state index in [1.165, 1.54) is 0 Å². The number of hydrogen-bond donors (Lipinski definition) is 1. The molecule has 0 radical (unpaired) electrons. The van der Waals surface area contributed by atoms with Crippen molar-refractivity contribution in [1.29, 1.82) is 0 Å². The fraction of sp³-hybridized carbons (Fsp3) is 0.235. The highest BCUT2D eigenvalue weighted by Crippen LogP contribution is 2.30. The molecule has 3 nitrogen and oxygen atoms in total. The summed E-state index contributed by atoms with van der Waals surface area (Å²) in [5, 5.41) is 1.00. The number of rotatable bonds is 3. The monoisotopic (exact) mass is 334 g/mol. The lowest BCUT2D eigenvalue weighted by molar-refractivity contribution is 0.215. The molecule has 0 bridgehead atoms. The van der Waals surface area contributed by atoms with Gasteiger partial charge >= 0.3 is 0 Å².